The van der Waals surface area contributed by atoms with Gasteiger partial charge in [0.15, 0.2) is 5.82 Å². The third-order valence-corrected chi connectivity index (χ3v) is 5.03. The van der Waals surface area contributed by atoms with Crippen molar-refractivity contribution in [2.45, 2.75) is 37.6 Å². The minimum absolute atomic E-state index is 0.00948. The number of hydrogen-bond acceptors (Lipinski definition) is 5. The van der Waals surface area contributed by atoms with Gasteiger partial charge in [0.05, 0.1) is 16.7 Å². The minimum atomic E-state index is -4.79. The van der Waals surface area contributed by atoms with Gasteiger partial charge in [0.2, 0.25) is 0 Å². The van der Waals surface area contributed by atoms with Crippen molar-refractivity contribution in [3.63, 3.8) is 0 Å². The fraction of sp³-hybridized carbons (Fsp3) is 0.300. The summed E-state index contributed by atoms with van der Waals surface area (Å²) in [6.45, 7) is 1.73. The fourth-order valence-corrected chi connectivity index (χ4v) is 3.68. The Bertz CT molecular complexity index is 1070. The van der Waals surface area contributed by atoms with Gasteiger partial charge in [-0.05, 0) is 31.9 Å². The Balaban J connectivity index is 1.79. The van der Waals surface area contributed by atoms with Crippen LogP contribution < -0.4 is 5.32 Å². The Morgan fingerprint density at radius 2 is 1.76 bits per heavy atom. The van der Waals surface area contributed by atoms with Gasteiger partial charge in [0, 0.05) is 16.8 Å². The van der Waals surface area contributed by atoms with Gasteiger partial charge in [-0.3, -0.25) is 0 Å². The lowest BCUT2D eigenvalue weighted by Crippen LogP contribution is -2.48. The summed E-state index contributed by atoms with van der Waals surface area (Å²) in [5.74, 6) is -1.70. The molecule has 4 rings (SSSR count). The average molecular weight is 407 g/mol. The molecule has 3 N–H and O–H groups in total. The van der Waals surface area contributed by atoms with Crippen molar-refractivity contribution in [2.75, 3.05) is 5.32 Å². The Kier molecular flexibility index (Phi) is 4.38. The summed E-state index contributed by atoms with van der Waals surface area (Å²) in [4.78, 5) is 0. The molecule has 1 aliphatic carbocycles. The molecule has 152 valence electrons. The number of anilines is 1. The normalized spacial score (nSPS) is 21.8. The Labute approximate surface area is 163 Å². The molecule has 1 aromatic heterocycles. The molecule has 0 spiro atoms. The van der Waals surface area contributed by atoms with Crippen LogP contribution >= 0.6 is 0 Å². The maximum Gasteiger partial charge on any atom is 0.416 e. The van der Waals surface area contributed by atoms with E-state index >= 15 is 0 Å². The van der Waals surface area contributed by atoms with Crippen LogP contribution in [0.3, 0.4) is 0 Å². The predicted octanol–water partition coefficient (Wildman–Crippen LogP) is 4.49. The molecule has 0 atom stereocenters. The molecular formula is C20H17F4N3O2. The number of hydrogen-bond donors (Lipinski definition) is 3. The monoisotopic (exact) mass is 407 g/mol. The van der Waals surface area contributed by atoms with Crippen LogP contribution in [0.4, 0.5) is 23.4 Å². The number of rotatable bonds is 3. The first kappa shape index (κ1) is 19.4. The molecule has 1 saturated carbocycles. The second kappa shape index (κ2) is 6.55. The Morgan fingerprint density at radius 1 is 1.10 bits per heavy atom. The fourth-order valence-electron chi connectivity index (χ4n) is 3.68. The Hall–Kier alpha value is -2.94. The zero-order chi connectivity index (χ0) is 21.0. The van der Waals surface area contributed by atoms with Gasteiger partial charge in [0.1, 0.15) is 17.3 Å². The number of aromatic hydroxyl groups is 1. The van der Waals surface area contributed by atoms with Crippen LogP contribution in [0.25, 0.3) is 22.0 Å². The molecule has 3 aromatic rings. The number of phenolic OH excluding ortho intramolecular Hbond substituents is 1. The molecule has 0 unspecified atom stereocenters. The van der Waals surface area contributed by atoms with E-state index in [-0.39, 0.29) is 11.7 Å². The zero-order valence-corrected chi connectivity index (χ0v) is 15.3. The number of aromatic nitrogens is 2. The maximum atomic E-state index is 14.5. The highest BCUT2D eigenvalue weighted by atomic mass is 19.4. The second-order valence-electron chi connectivity index (χ2n) is 7.54. The van der Waals surface area contributed by atoms with Crippen molar-refractivity contribution in [3.05, 3.63) is 47.8 Å². The SMILES string of the molecule is C[C@]1(O)C[C@@H](Nc2nnc(-c3c(O)cc(C(F)(F)F)cc3F)c3ccccc23)C1. The number of phenols is 1. The van der Waals surface area contributed by atoms with Crippen LogP contribution in [-0.2, 0) is 6.18 Å². The van der Waals surface area contributed by atoms with Crippen molar-refractivity contribution in [1.82, 2.24) is 10.2 Å². The number of fused-ring (bicyclic) bond motifs is 1. The van der Waals surface area contributed by atoms with Gasteiger partial charge < -0.3 is 15.5 Å². The van der Waals surface area contributed by atoms with E-state index in [1.54, 1.807) is 31.2 Å². The van der Waals surface area contributed by atoms with E-state index in [2.05, 4.69) is 15.5 Å². The average Bonchev–Trinajstić information content (AvgIpc) is 2.60. The molecular weight excluding hydrogens is 390 g/mol. The standard InChI is InChI=1S/C20H17F4N3O2/c1-19(29)8-11(9-19)25-18-13-5-3-2-4-12(13)17(26-27-18)16-14(21)6-10(7-15(16)28)20(22,23)24/h2-7,11,28-29H,8-9H2,1H3,(H,25,27)/t11-,19+. The molecule has 0 aliphatic heterocycles. The lowest BCUT2D eigenvalue weighted by atomic mass is 9.77. The summed E-state index contributed by atoms with van der Waals surface area (Å²) in [5.41, 5.74) is -2.53. The lowest BCUT2D eigenvalue weighted by molar-refractivity contribution is -0.137. The highest BCUT2D eigenvalue weighted by Gasteiger charge is 2.39. The highest BCUT2D eigenvalue weighted by molar-refractivity contribution is 6.01. The Morgan fingerprint density at radius 3 is 2.34 bits per heavy atom. The van der Waals surface area contributed by atoms with Crippen LogP contribution in [0, 0.1) is 5.82 Å². The first-order valence-electron chi connectivity index (χ1n) is 8.89. The van der Waals surface area contributed by atoms with Crippen LogP contribution in [0.2, 0.25) is 0 Å². The third kappa shape index (κ3) is 3.57. The molecule has 5 nitrogen and oxygen atoms in total. The van der Waals surface area contributed by atoms with E-state index < -0.39 is 34.5 Å². The summed E-state index contributed by atoms with van der Waals surface area (Å²) < 4.78 is 53.2. The van der Waals surface area contributed by atoms with Gasteiger partial charge in [-0.25, -0.2) is 4.39 Å². The second-order valence-corrected chi connectivity index (χ2v) is 7.54. The van der Waals surface area contributed by atoms with Crippen LogP contribution in [0.1, 0.15) is 25.3 Å². The zero-order valence-electron chi connectivity index (χ0n) is 15.3. The molecule has 2 aromatic carbocycles. The number of nitrogens with one attached hydrogen (secondary N) is 1. The van der Waals surface area contributed by atoms with Crippen molar-refractivity contribution >= 4 is 16.6 Å². The van der Waals surface area contributed by atoms with Crippen molar-refractivity contribution in [3.8, 4) is 17.0 Å². The van der Waals surface area contributed by atoms with Gasteiger partial charge in [0.25, 0.3) is 0 Å². The van der Waals surface area contributed by atoms with E-state index in [9.17, 15) is 27.8 Å². The predicted molar refractivity (Wildman–Crippen MR) is 98.9 cm³/mol. The van der Waals surface area contributed by atoms with Crippen molar-refractivity contribution in [2.24, 2.45) is 0 Å². The summed E-state index contributed by atoms with van der Waals surface area (Å²) in [5, 5.41) is 32.2. The molecule has 9 heteroatoms. The molecule has 0 saturated heterocycles. The summed E-state index contributed by atoms with van der Waals surface area (Å²) in [6, 6.07) is 7.53. The number of halogens is 4. The third-order valence-electron chi connectivity index (χ3n) is 5.03. The van der Waals surface area contributed by atoms with Crippen LogP contribution in [-0.4, -0.2) is 32.1 Å². The van der Waals surface area contributed by atoms with E-state index in [1.165, 1.54) is 0 Å². The summed E-state index contributed by atoms with van der Waals surface area (Å²) in [6.07, 6.45) is -3.74. The van der Waals surface area contributed by atoms with Crippen LogP contribution in [0.15, 0.2) is 36.4 Å². The molecule has 0 bridgehead atoms. The highest BCUT2D eigenvalue weighted by Crippen LogP contribution is 2.41. The summed E-state index contributed by atoms with van der Waals surface area (Å²) >= 11 is 0. The maximum absolute atomic E-state index is 14.5. The van der Waals surface area contributed by atoms with E-state index in [4.69, 9.17) is 0 Å². The first-order chi connectivity index (χ1) is 13.5. The van der Waals surface area contributed by atoms with Crippen LogP contribution in [0.5, 0.6) is 5.75 Å². The number of alkyl halides is 3. The first-order valence-corrected chi connectivity index (χ1v) is 8.89. The van der Waals surface area contributed by atoms with Gasteiger partial charge in [-0.15, -0.1) is 10.2 Å². The quantitative estimate of drug-likeness (QED) is 0.558. The van der Waals surface area contributed by atoms with E-state index in [1.807, 2.05) is 0 Å². The smallest absolute Gasteiger partial charge is 0.416 e. The molecule has 1 aliphatic rings. The van der Waals surface area contributed by atoms with Crippen molar-refractivity contribution < 1.29 is 27.8 Å². The molecule has 0 radical (unpaired) electrons. The number of benzene rings is 2. The number of nitrogens with zero attached hydrogens (tertiary/aromatic N) is 2. The van der Waals surface area contributed by atoms with E-state index in [0.29, 0.717) is 41.6 Å². The number of aliphatic hydroxyl groups is 1. The van der Waals surface area contributed by atoms with Gasteiger partial charge in [-0.1, -0.05) is 24.3 Å². The largest absolute Gasteiger partial charge is 0.507 e. The van der Waals surface area contributed by atoms with Gasteiger partial charge >= 0.3 is 6.18 Å². The lowest BCUT2D eigenvalue weighted by Gasteiger charge is -2.41. The molecule has 29 heavy (non-hydrogen) atoms. The molecule has 1 heterocycles. The van der Waals surface area contributed by atoms with Crippen molar-refractivity contribution in [1.29, 1.82) is 0 Å². The minimum Gasteiger partial charge on any atom is -0.507 e. The summed E-state index contributed by atoms with van der Waals surface area (Å²) in [7, 11) is 0. The van der Waals surface area contributed by atoms with Gasteiger partial charge in [-0.2, -0.15) is 13.2 Å². The topological polar surface area (TPSA) is 78.3 Å². The van der Waals surface area contributed by atoms with E-state index in [0.717, 1.165) is 0 Å². The molecule has 1 fully saturated rings. The molecule has 0 amide bonds.